The summed E-state index contributed by atoms with van der Waals surface area (Å²) in [7, 11) is 0. The van der Waals surface area contributed by atoms with Crippen molar-refractivity contribution >= 4 is 29.9 Å². The molecule has 3 aliphatic rings. The fraction of sp³-hybridized carbons (Fsp3) is 0.577. The topological polar surface area (TPSA) is 73.0 Å². The summed E-state index contributed by atoms with van der Waals surface area (Å²) in [5.41, 5.74) is 2.56. The van der Waals surface area contributed by atoms with Crippen LogP contribution in [0.1, 0.15) is 49.0 Å². The minimum Gasteiger partial charge on any atom is -0.469 e. The van der Waals surface area contributed by atoms with Crippen LogP contribution in [0.4, 0.5) is 0 Å². The van der Waals surface area contributed by atoms with Crippen LogP contribution in [0.2, 0.25) is 0 Å². The number of hydrogen-bond donors (Lipinski definition) is 3. The Balaban J connectivity index is 0.00000259. The van der Waals surface area contributed by atoms with Gasteiger partial charge < -0.3 is 20.2 Å². The Morgan fingerprint density at radius 1 is 1.09 bits per heavy atom. The number of benzene rings is 1. The first-order valence-corrected chi connectivity index (χ1v) is 12.3. The van der Waals surface area contributed by atoms with Gasteiger partial charge in [0.05, 0.1) is 18.9 Å². The number of aliphatic imine (C=N–C) groups is 1. The van der Waals surface area contributed by atoms with Crippen LogP contribution in [-0.4, -0.2) is 47.7 Å². The van der Waals surface area contributed by atoms with E-state index in [1.807, 2.05) is 12.1 Å². The Morgan fingerprint density at radius 2 is 1.97 bits per heavy atom. The fourth-order valence-corrected chi connectivity index (χ4v) is 5.74. The van der Waals surface area contributed by atoms with Crippen molar-refractivity contribution in [2.75, 3.05) is 19.6 Å². The van der Waals surface area contributed by atoms with Gasteiger partial charge in [-0.25, -0.2) is 4.99 Å². The molecule has 1 saturated heterocycles. The zero-order valence-electron chi connectivity index (χ0n) is 19.3. The molecule has 2 saturated carbocycles. The Bertz CT molecular complexity index is 903. The first-order valence-electron chi connectivity index (χ1n) is 12.3. The maximum atomic E-state index is 9.87. The van der Waals surface area contributed by atoms with Gasteiger partial charge in [0.2, 0.25) is 0 Å². The third-order valence-corrected chi connectivity index (χ3v) is 7.47. The second-order valence-corrected chi connectivity index (χ2v) is 9.79. The van der Waals surface area contributed by atoms with Crippen LogP contribution in [0.5, 0.6) is 0 Å². The van der Waals surface area contributed by atoms with Gasteiger partial charge in [0.1, 0.15) is 5.76 Å². The van der Waals surface area contributed by atoms with Gasteiger partial charge in [-0.1, -0.05) is 30.7 Å². The molecule has 1 aromatic heterocycles. The second-order valence-electron chi connectivity index (χ2n) is 9.79. The minimum atomic E-state index is -0.184. The third-order valence-electron chi connectivity index (χ3n) is 7.47. The largest absolute Gasteiger partial charge is 0.469 e. The number of nitrogens with one attached hydrogen (secondary N) is 2. The van der Waals surface area contributed by atoms with Crippen LogP contribution in [0, 0.1) is 11.8 Å². The summed E-state index contributed by atoms with van der Waals surface area (Å²) in [4.78, 5) is 7.34. The lowest BCUT2D eigenvalue weighted by molar-refractivity contribution is 0.174. The van der Waals surface area contributed by atoms with E-state index in [0.29, 0.717) is 12.6 Å². The average Bonchev–Trinajstić information content (AvgIpc) is 3.59. The molecule has 4 atom stereocenters. The summed E-state index contributed by atoms with van der Waals surface area (Å²) in [6, 6.07) is 13.1. The van der Waals surface area contributed by atoms with Gasteiger partial charge in [-0.2, -0.15) is 0 Å². The molecular formula is C26H37IN4O2. The normalized spacial score (nSPS) is 27.0. The molecule has 4 unspecified atom stereocenters. The van der Waals surface area contributed by atoms with Gasteiger partial charge in [0.25, 0.3) is 0 Å². The van der Waals surface area contributed by atoms with Crippen molar-refractivity contribution in [2.45, 2.75) is 63.8 Å². The van der Waals surface area contributed by atoms with E-state index in [4.69, 9.17) is 9.41 Å². The summed E-state index contributed by atoms with van der Waals surface area (Å²) < 4.78 is 5.48. The molecule has 6 nitrogen and oxygen atoms in total. The number of nitrogens with zero attached hydrogens (tertiary/aromatic N) is 2. The number of halogens is 1. The summed E-state index contributed by atoms with van der Waals surface area (Å²) in [6.07, 6.45) is 8.67. The highest BCUT2D eigenvalue weighted by atomic mass is 127. The number of fused-ring (bicyclic) bond motifs is 2. The first kappa shape index (κ1) is 24.5. The molecule has 7 heteroatoms. The predicted octanol–water partition coefficient (Wildman–Crippen LogP) is 3.93. The van der Waals surface area contributed by atoms with E-state index in [9.17, 15) is 5.11 Å². The van der Waals surface area contributed by atoms with Gasteiger partial charge in [-0.3, -0.25) is 4.90 Å². The Hall–Kier alpha value is -1.58. The van der Waals surface area contributed by atoms with Crippen molar-refractivity contribution in [3.05, 3.63) is 59.5 Å². The lowest BCUT2D eigenvalue weighted by Crippen LogP contribution is -2.46. The predicted molar refractivity (Wildman–Crippen MR) is 142 cm³/mol. The van der Waals surface area contributed by atoms with E-state index in [0.717, 1.165) is 62.6 Å². The minimum absolute atomic E-state index is 0. The molecule has 0 radical (unpaired) electrons. The molecule has 3 N–H and O–H groups in total. The number of aliphatic hydroxyl groups is 1. The van der Waals surface area contributed by atoms with Crippen molar-refractivity contribution < 1.29 is 9.52 Å². The number of likely N-dealkylation sites (tertiary alicyclic amines) is 1. The van der Waals surface area contributed by atoms with Gasteiger partial charge in [0.15, 0.2) is 5.96 Å². The van der Waals surface area contributed by atoms with Gasteiger partial charge >= 0.3 is 0 Å². The molecule has 1 aromatic carbocycles. The molecule has 1 aliphatic heterocycles. The molecule has 2 aliphatic carbocycles. The van der Waals surface area contributed by atoms with Crippen LogP contribution in [-0.2, 0) is 19.5 Å². The van der Waals surface area contributed by atoms with E-state index in [1.54, 1.807) is 6.26 Å². The molecule has 180 valence electrons. The van der Waals surface area contributed by atoms with E-state index < -0.39 is 0 Å². The number of guanidine groups is 1. The van der Waals surface area contributed by atoms with E-state index in [1.165, 1.54) is 36.8 Å². The summed E-state index contributed by atoms with van der Waals surface area (Å²) in [6.45, 7) is 4.06. The molecule has 2 bridgehead atoms. The van der Waals surface area contributed by atoms with Crippen molar-refractivity contribution in [3.63, 3.8) is 0 Å². The first-order chi connectivity index (χ1) is 15.7. The van der Waals surface area contributed by atoms with E-state index in [-0.39, 0.29) is 30.1 Å². The zero-order chi connectivity index (χ0) is 21.8. The van der Waals surface area contributed by atoms with E-state index in [2.05, 4.69) is 39.8 Å². The molecule has 5 rings (SSSR count). The molecule has 0 amide bonds. The van der Waals surface area contributed by atoms with Crippen LogP contribution in [0.3, 0.4) is 0 Å². The zero-order valence-corrected chi connectivity index (χ0v) is 21.6. The van der Waals surface area contributed by atoms with Crippen LogP contribution in [0.15, 0.2) is 52.1 Å². The van der Waals surface area contributed by atoms with Crippen LogP contribution >= 0.6 is 24.0 Å². The molecular weight excluding hydrogens is 527 g/mol. The number of rotatable bonds is 8. The second kappa shape index (κ2) is 11.7. The highest BCUT2D eigenvalue weighted by Gasteiger charge is 2.39. The number of β-amino-alcohol motifs (C(OH)–C–C–N with tert-alkyl or cyclic N) is 1. The lowest BCUT2D eigenvalue weighted by atomic mass is 9.95. The maximum Gasteiger partial charge on any atom is 0.191 e. The van der Waals surface area contributed by atoms with Gasteiger partial charge in [-0.05, 0) is 60.8 Å². The maximum absolute atomic E-state index is 9.87. The van der Waals surface area contributed by atoms with Gasteiger partial charge in [0, 0.05) is 38.6 Å². The lowest BCUT2D eigenvalue weighted by Gasteiger charge is -2.25. The number of furan rings is 1. The van der Waals surface area contributed by atoms with Crippen molar-refractivity contribution in [3.8, 4) is 0 Å². The highest BCUT2D eigenvalue weighted by molar-refractivity contribution is 14.0. The number of hydrogen-bond acceptors (Lipinski definition) is 4. The van der Waals surface area contributed by atoms with Crippen molar-refractivity contribution in [2.24, 2.45) is 16.8 Å². The molecule has 2 aromatic rings. The Kier molecular flexibility index (Phi) is 8.71. The van der Waals surface area contributed by atoms with Crippen molar-refractivity contribution in [1.82, 2.24) is 15.5 Å². The standard InChI is InChI=1S/C26H36N4O2.HI/c31-23-10-12-30(18-23)17-22-5-2-1-4-21(22)16-28-26(27-11-9-24-6-3-13-32-24)29-25-15-19-7-8-20(25)14-19;/h1-6,13,19-20,23,25,31H,7-12,14-18H2,(H2,27,28,29);1H. The molecule has 2 heterocycles. The summed E-state index contributed by atoms with van der Waals surface area (Å²) in [5.74, 6) is 3.61. The van der Waals surface area contributed by atoms with E-state index >= 15 is 0 Å². The van der Waals surface area contributed by atoms with Crippen LogP contribution in [0.25, 0.3) is 0 Å². The Labute approximate surface area is 214 Å². The SMILES string of the molecule is I.OC1CCN(Cc2ccccc2CN=C(NCCc2ccco2)NC2CC3CCC2C3)C1. The highest BCUT2D eigenvalue weighted by Crippen LogP contribution is 2.44. The summed E-state index contributed by atoms with van der Waals surface area (Å²) >= 11 is 0. The third kappa shape index (κ3) is 6.51. The molecule has 3 fully saturated rings. The molecule has 0 spiro atoms. The molecule has 33 heavy (non-hydrogen) atoms. The Morgan fingerprint density at radius 3 is 2.67 bits per heavy atom. The average molecular weight is 565 g/mol. The smallest absolute Gasteiger partial charge is 0.191 e. The monoisotopic (exact) mass is 564 g/mol. The van der Waals surface area contributed by atoms with Crippen LogP contribution < -0.4 is 10.6 Å². The quantitative estimate of drug-likeness (QED) is 0.258. The number of aliphatic hydroxyl groups excluding tert-OH is 1. The summed E-state index contributed by atoms with van der Waals surface area (Å²) in [5, 5.41) is 17.2. The van der Waals surface area contributed by atoms with Gasteiger partial charge in [-0.15, -0.1) is 24.0 Å². The van der Waals surface area contributed by atoms with Crippen molar-refractivity contribution in [1.29, 1.82) is 0 Å². The fourth-order valence-electron chi connectivity index (χ4n) is 5.74.